The van der Waals surface area contributed by atoms with Gasteiger partial charge in [-0.1, -0.05) is 22.9 Å². The molecule has 0 aliphatic carbocycles. The molecule has 0 unspecified atom stereocenters. The molecule has 3 aromatic rings. The molecular formula is C20H20ClN5O3S. The summed E-state index contributed by atoms with van der Waals surface area (Å²) < 4.78 is 0. The third kappa shape index (κ3) is 6.07. The summed E-state index contributed by atoms with van der Waals surface area (Å²) in [6.07, 6.45) is 1.59. The average Bonchev–Trinajstić information content (AvgIpc) is 3.11. The largest absolute Gasteiger partial charge is 0.508 e. The third-order valence-corrected chi connectivity index (χ3v) is 5.26. The minimum atomic E-state index is 0.00461. The Hall–Kier alpha value is -2.85. The molecule has 1 heterocycles. The smallest absolute Gasteiger partial charge is 0.232 e. The third-order valence-electron chi connectivity index (χ3n) is 3.98. The SMILES string of the molecule is OCCN(CCO)c1ccc(N=Nc2nc(Cl)c(C=Nc3ccc(O)cc3)s2)cc1. The first kappa shape index (κ1) is 21.8. The Bertz CT molecular complexity index is 1000. The maximum Gasteiger partial charge on any atom is 0.232 e. The molecule has 0 atom stereocenters. The Morgan fingerprint density at radius 2 is 1.57 bits per heavy atom. The number of phenols is 1. The highest BCUT2D eigenvalue weighted by atomic mass is 35.5. The van der Waals surface area contributed by atoms with E-state index >= 15 is 0 Å². The molecule has 156 valence electrons. The van der Waals surface area contributed by atoms with E-state index in [0.29, 0.717) is 34.5 Å². The maximum absolute atomic E-state index is 9.31. The number of nitrogens with zero attached hydrogens (tertiary/aromatic N) is 5. The zero-order valence-corrected chi connectivity index (χ0v) is 17.5. The Morgan fingerprint density at radius 1 is 0.933 bits per heavy atom. The quantitative estimate of drug-likeness (QED) is 0.332. The fraction of sp³-hybridized carbons (Fsp3) is 0.200. The van der Waals surface area contributed by atoms with Crippen LogP contribution in [0, 0.1) is 0 Å². The standard InChI is InChI=1S/C20H20ClN5O3S/c21-19-18(13-22-14-3-7-17(29)8-4-14)30-20(23-19)25-24-15-1-5-16(6-2-15)26(9-11-27)10-12-28/h1-8,13,27-29H,9-12H2. The van der Waals surface area contributed by atoms with Crippen molar-refractivity contribution in [1.82, 2.24) is 4.98 Å². The van der Waals surface area contributed by atoms with Crippen molar-refractivity contribution < 1.29 is 15.3 Å². The number of aliphatic hydroxyl groups is 2. The van der Waals surface area contributed by atoms with E-state index in [2.05, 4.69) is 20.2 Å². The van der Waals surface area contributed by atoms with E-state index in [9.17, 15) is 5.11 Å². The van der Waals surface area contributed by atoms with Crippen molar-refractivity contribution in [2.45, 2.75) is 0 Å². The average molecular weight is 446 g/mol. The summed E-state index contributed by atoms with van der Waals surface area (Å²) in [5, 5.41) is 36.6. The van der Waals surface area contributed by atoms with Gasteiger partial charge in [0.15, 0.2) is 5.15 Å². The van der Waals surface area contributed by atoms with Gasteiger partial charge >= 0.3 is 0 Å². The highest BCUT2D eigenvalue weighted by molar-refractivity contribution is 7.17. The fourth-order valence-electron chi connectivity index (χ4n) is 2.54. The van der Waals surface area contributed by atoms with Gasteiger partial charge in [-0.25, -0.2) is 4.98 Å². The first-order chi connectivity index (χ1) is 14.6. The number of aliphatic imine (C=N–C) groups is 1. The molecule has 10 heteroatoms. The second-order valence-electron chi connectivity index (χ2n) is 6.08. The van der Waals surface area contributed by atoms with Crippen LogP contribution in [0.3, 0.4) is 0 Å². The molecule has 0 amide bonds. The van der Waals surface area contributed by atoms with Crippen LogP contribution in [0.25, 0.3) is 0 Å². The fourth-order valence-corrected chi connectivity index (χ4v) is 3.48. The normalized spacial score (nSPS) is 11.6. The van der Waals surface area contributed by atoms with Crippen LogP contribution in [0.2, 0.25) is 5.15 Å². The van der Waals surface area contributed by atoms with E-state index in [1.54, 1.807) is 42.6 Å². The first-order valence-electron chi connectivity index (χ1n) is 9.07. The summed E-state index contributed by atoms with van der Waals surface area (Å²) in [5.74, 6) is 0.176. The van der Waals surface area contributed by atoms with E-state index in [4.69, 9.17) is 21.8 Å². The lowest BCUT2D eigenvalue weighted by Crippen LogP contribution is -2.29. The molecule has 3 N–H and O–H groups in total. The van der Waals surface area contributed by atoms with Crippen LogP contribution >= 0.6 is 22.9 Å². The van der Waals surface area contributed by atoms with Crippen molar-refractivity contribution in [3.05, 3.63) is 58.6 Å². The summed E-state index contributed by atoms with van der Waals surface area (Å²) in [6.45, 7) is 0.885. The molecule has 3 rings (SSSR count). The van der Waals surface area contributed by atoms with Gasteiger partial charge in [0.1, 0.15) is 5.75 Å². The number of rotatable bonds is 9. The van der Waals surface area contributed by atoms with Crippen LogP contribution in [-0.4, -0.2) is 52.8 Å². The van der Waals surface area contributed by atoms with Gasteiger partial charge in [-0.15, -0.1) is 10.2 Å². The number of hydrogen-bond acceptors (Lipinski definition) is 9. The lowest BCUT2D eigenvalue weighted by atomic mass is 10.2. The Balaban J connectivity index is 1.67. The summed E-state index contributed by atoms with van der Waals surface area (Å²) in [6, 6.07) is 13.8. The minimum absolute atomic E-state index is 0.00461. The van der Waals surface area contributed by atoms with Gasteiger partial charge in [0, 0.05) is 25.0 Å². The van der Waals surface area contributed by atoms with Gasteiger partial charge in [0.2, 0.25) is 5.13 Å². The zero-order valence-electron chi connectivity index (χ0n) is 15.9. The van der Waals surface area contributed by atoms with Crippen LogP contribution in [0.5, 0.6) is 5.75 Å². The highest BCUT2D eigenvalue weighted by Gasteiger charge is 2.08. The number of hydrogen-bond donors (Lipinski definition) is 3. The van der Waals surface area contributed by atoms with E-state index < -0.39 is 0 Å². The van der Waals surface area contributed by atoms with Gasteiger partial charge in [0.05, 0.1) is 29.5 Å². The summed E-state index contributed by atoms with van der Waals surface area (Å²) in [5.41, 5.74) is 2.19. The van der Waals surface area contributed by atoms with Crippen molar-refractivity contribution >= 4 is 51.3 Å². The minimum Gasteiger partial charge on any atom is -0.508 e. The predicted octanol–water partition coefficient (Wildman–Crippen LogP) is 4.46. The topological polar surface area (TPSA) is 114 Å². The van der Waals surface area contributed by atoms with E-state index in [1.807, 2.05) is 17.0 Å². The zero-order chi connectivity index (χ0) is 21.3. The number of azo groups is 1. The number of anilines is 1. The van der Waals surface area contributed by atoms with Crippen molar-refractivity contribution in [3.8, 4) is 5.75 Å². The van der Waals surface area contributed by atoms with Gasteiger partial charge in [-0.05, 0) is 48.5 Å². The highest BCUT2D eigenvalue weighted by Crippen LogP contribution is 2.30. The van der Waals surface area contributed by atoms with Gasteiger partial charge in [-0.2, -0.15) is 0 Å². The van der Waals surface area contributed by atoms with E-state index in [-0.39, 0.29) is 24.1 Å². The Morgan fingerprint density at radius 3 is 2.20 bits per heavy atom. The van der Waals surface area contributed by atoms with Gasteiger partial charge < -0.3 is 20.2 Å². The van der Waals surface area contributed by atoms with E-state index in [0.717, 1.165) is 5.69 Å². The molecule has 8 nitrogen and oxygen atoms in total. The molecule has 0 aliphatic heterocycles. The molecule has 0 aliphatic rings. The number of thiazole rings is 1. The molecule has 2 aromatic carbocycles. The number of halogens is 1. The van der Waals surface area contributed by atoms with Crippen LogP contribution < -0.4 is 4.90 Å². The monoisotopic (exact) mass is 445 g/mol. The lowest BCUT2D eigenvalue weighted by Gasteiger charge is -2.22. The molecule has 0 saturated carbocycles. The van der Waals surface area contributed by atoms with Crippen LogP contribution in [0.1, 0.15) is 4.88 Å². The molecule has 1 aromatic heterocycles. The molecule has 0 fully saturated rings. The van der Waals surface area contributed by atoms with Gasteiger partial charge in [0.25, 0.3) is 0 Å². The second-order valence-corrected chi connectivity index (χ2v) is 7.44. The first-order valence-corrected chi connectivity index (χ1v) is 10.3. The molecule has 30 heavy (non-hydrogen) atoms. The molecular weight excluding hydrogens is 426 g/mol. The lowest BCUT2D eigenvalue weighted by molar-refractivity contribution is 0.281. The number of benzene rings is 2. The maximum atomic E-state index is 9.31. The summed E-state index contributed by atoms with van der Waals surface area (Å²) >= 11 is 7.41. The van der Waals surface area contributed by atoms with Crippen molar-refractivity contribution in [1.29, 1.82) is 0 Å². The van der Waals surface area contributed by atoms with E-state index in [1.165, 1.54) is 11.3 Å². The summed E-state index contributed by atoms with van der Waals surface area (Å²) in [4.78, 5) is 11.0. The summed E-state index contributed by atoms with van der Waals surface area (Å²) in [7, 11) is 0. The predicted molar refractivity (Wildman–Crippen MR) is 119 cm³/mol. The Labute approximate surface area is 182 Å². The molecule has 0 radical (unpaired) electrons. The van der Waals surface area contributed by atoms with Crippen LogP contribution in [0.15, 0.2) is 63.8 Å². The number of aromatic nitrogens is 1. The second kappa shape index (κ2) is 10.8. The van der Waals surface area contributed by atoms with Crippen LogP contribution in [-0.2, 0) is 0 Å². The van der Waals surface area contributed by atoms with Crippen LogP contribution in [0.4, 0.5) is 22.2 Å². The van der Waals surface area contributed by atoms with Crippen molar-refractivity contribution in [2.24, 2.45) is 15.2 Å². The number of aromatic hydroxyl groups is 1. The number of aliphatic hydroxyl groups excluding tert-OH is 2. The molecule has 0 bridgehead atoms. The molecule has 0 spiro atoms. The Kier molecular flexibility index (Phi) is 7.86. The van der Waals surface area contributed by atoms with Gasteiger partial charge in [-0.3, -0.25) is 4.99 Å². The van der Waals surface area contributed by atoms with Crippen molar-refractivity contribution in [2.75, 3.05) is 31.2 Å². The number of phenolic OH excluding ortho intramolecular Hbond substituents is 1. The molecule has 0 saturated heterocycles. The van der Waals surface area contributed by atoms with Crippen molar-refractivity contribution in [3.63, 3.8) is 0 Å².